The Bertz CT molecular complexity index is 872. The van der Waals surface area contributed by atoms with Crippen molar-refractivity contribution >= 4 is 39.1 Å². The molecule has 0 bridgehead atoms. The van der Waals surface area contributed by atoms with Gasteiger partial charge in [0.1, 0.15) is 12.1 Å². The lowest BCUT2D eigenvalue weighted by atomic mass is 10.1. The average Bonchev–Trinajstić information content (AvgIpc) is 3.05. The maximum absolute atomic E-state index is 13.8. The molecule has 1 N–H and O–H groups in total. The van der Waals surface area contributed by atoms with Gasteiger partial charge in [0.05, 0.1) is 22.0 Å². The SMILES string of the molecule is O=C(Nc1ccc(Br)cc1F)c1cc(-n2cnnn2)ccc1Cl. The number of hydrogen-bond acceptors (Lipinski definition) is 4. The van der Waals surface area contributed by atoms with E-state index in [0.29, 0.717) is 10.2 Å². The third kappa shape index (κ3) is 3.38. The molecular formula is C14H8BrClFN5O. The molecular weight excluding hydrogens is 389 g/mol. The standard InChI is InChI=1S/C14H8BrClFN5O/c15-8-1-4-13(12(17)5-8)19-14(23)10-6-9(2-3-11(10)16)22-7-18-20-21-22/h1-7H,(H,19,23). The summed E-state index contributed by atoms with van der Waals surface area (Å²) < 4.78 is 15.8. The van der Waals surface area contributed by atoms with Gasteiger partial charge in [0.15, 0.2) is 0 Å². The van der Waals surface area contributed by atoms with E-state index in [1.54, 1.807) is 18.2 Å². The Balaban J connectivity index is 1.91. The number of aromatic nitrogens is 4. The number of amides is 1. The fraction of sp³-hybridized carbons (Fsp3) is 0. The van der Waals surface area contributed by atoms with Gasteiger partial charge in [-0.25, -0.2) is 9.07 Å². The molecule has 0 aliphatic carbocycles. The zero-order chi connectivity index (χ0) is 16.4. The van der Waals surface area contributed by atoms with Gasteiger partial charge in [-0.3, -0.25) is 4.79 Å². The van der Waals surface area contributed by atoms with E-state index in [9.17, 15) is 9.18 Å². The third-order valence-corrected chi connectivity index (χ3v) is 3.81. The largest absolute Gasteiger partial charge is 0.319 e. The molecule has 2 aromatic carbocycles. The van der Waals surface area contributed by atoms with E-state index in [4.69, 9.17) is 11.6 Å². The van der Waals surface area contributed by atoms with Crippen LogP contribution in [0.15, 0.2) is 47.2 Å². The lowest BCUT2D eigenvalue weighted by Crippen LogP contribution is -2.14. The summed E-state index contributed by atoms with van der Waals surface area (Å²) in [5.74, 6) is -1.09. The maximum atomic E-state index is 13.8. The van der Waals surface area contributed by atoms with Gasteiger partial charge in [-0.15, -0.1) is 5.10 Å². The number of hydrogen-bond donors (Lipinski definition) is 1. The number of carbonyl (C=O) groups is 1. The molecule has 0 radical (unpaired) electrons. The van der Waals surface area contributed by atoms with Crippen LogP contribution in [0.2, 0.25) is 5.02 Å². The molecule has 116 valence electrons. The molecule has 1 heterocycles. The first-order valence-electron chi connectivity index (χ1n) is 6.34. The second-order valence-electron chi connectivity index (χ2n) is 4.50. The van der Waals surface area contributed by atoms with E-state index >= 15 is 0 Å². The van der Waals surface area contributed by atoms with E-state index in [1.165, 1.54) is 29.2 Å². The molecule has 3 rings (SSSR count). The number of tetrazole rings is 1. The third-order valence-electron chi connectivity index (χ3n) is 2.99. The van der Waals surface area contributed by atoms with E-state index in [1.807, 2.05) is 0 Å². The maximum Gasteiger partial charge on any atom is 0.257 e. The van der Waals surface area contributed by atoms with Gasteiger partial charge in [-0.05, 0) is 46.8 Å². The monoisotopic (exact) mass is 395 g/mol. The number of anilines is 1. The molecule has 3 aromatic rings. The van der Waals surface area contributed by atoms with Gasteiger partial charge in [0.25, 0.3) is 5.91 Å². The molecule has 0 unspecified atom stereocenters. The summed E-state index contributed by atoms with van der Waals surface area (Å²) >= 11 is 9.22. The van der Waals surface area contributed by atoms with Crippen LogP contribution >= 0.6 is 27.5 Å². The van der Waals surface area contributed by atoms with Crippen LogP contribution in [0.5, 0.6) is 0 Å². The number of nitrogens with zero attached hydrogens (tertiary/aromatic N) is 4. The molecule has 0 saturated carbocycles. The Labute approximate surface area is 143 Å². The molecule has 0 aliphatic heterocycles. The molecule has 1 aromatic heterocycles. The summed E-state index contributed by atoms with van der Waals surface area (Å²) in [4.78, 5) is 12.4. The van der Waals surface area contributed by atoms with Gasteiger partial charge in [-0.2, -0.15) is 0 Å². The van der Waals surface area contributed by atoms with Crippen LogP contribution in [0.25, 0.3) is 5.69 Å². The molecule has 9 heteroatoms. The quantitative estimate of drug-likeness (QED) is 0.736. The first-order chi connectivity index (χ1) is 11.0. The highest BCUT2D eigenvalue weighted by molar-refractivity contribution is 9.10. The van der Waals surface area contributed by atoms with Crippen LogP contribution < -0.4 is 5.32 Å². The lowest BCUT2D eigenvalue weighted by molar-refractivity contribution is 0.102. The zero-order valence-electron chi connectivity index (χ0n) is 11.4. The van der Waals surface area contributed by atoms with Crippen molar-refractivity contribution in [2.24, 2.45) is 0 Å². The van der Waals surface area contributed by atoms with Crippen molar-refractivity contribution < 1.29 is 9.18 Å². The fourth-order valence-electron chi connectivity index (χ4n) is 1.89. The smallest absolute Gasteiger partial charge is 0.257 e. The van der Waals surface area contributed by atoms with Crippen LogP contribution in [0.3, 0.4) is 0 Å². The Morgan fingerprint density at radius 3 is 2.78 bits per heavy atom. The predicted octanol–water partition coefficient (Wildman–Crippen LogP) is 3.47. The normalized spacial score (nSPS) is 10.6. The van der Waals surface area contributed by atoms with Gasteiger partial charge >= 0.3 is 0 Å². The summed E-state index contributed by atoms with van der Waals surface area (Å²) in [5, 5.41) is 13.5. The van der Waals surface area contributed by atoms with Crippen molar-refractivity contribution in [1.29, 1.82) is 0 Å². The first-order valence-corrected chi connectivity index (χ1v) is 7.51. The lowest BCUT2D eigenvalue weighted by Gasteiger charge is -2.09. The molecule has 0 fully saturated rings. The van der Waals surface area contributed by atoms with Crippen LogP contribution in [0, 0.1) is 5.82 Å². The highest BCUT2D eigenvalue weighted by atomic mass is 79.9. The molecule has 0 spiro atoms. The van der Waals surface area contributed by atoms with Crippen LogP contribution in [0.4, 0.5) is 10.1 Å². The average molecular weight is 397 g/mol. The van der Waals surface area contributed by atoms with Crippen LogP contribution in [-0.2, 0) is 0 Å². The Kier molecular flexibility index (Phi) is 4.35. The number of nitrogens with one attached hydrogen (secondary N) is 1. The number of benzene rings is 2. The van der Waals surface area contributed by atoms with Crippen molar-refractivity contribution in [1.82, 2.24) is 20.2 Å². The Morgan fingerprint density at radius 1 is 1.26 bits per heavy atom. The van der Waals surface area contributed by atoms with E-state index in [2.05, 4.69) is 36.8 Å². The van der Waals surface area contributed by atoms with Gasteiger partial charge in [0.2, 0.25) is 0 Å². The second-order valence-corrected chi connectivity index (χ2v) is 5.82. The highest BCUT2D eigenvalue weighted by Gasteiger charge is 2.14. The summed E-state index contributed by atoms with van der Waals surface area (Å²) in [5.41, 5.74) is 0.796. The van der Waals surface area contributed by atoms with Crippen molar-refractivity contribution in [2.45, 2.75) is 0 Å². The molecule has 23 heavy (non-hydrogen) atoms. The highest BCUT2D eigenvalue weighted by Crippen LogP contribution is 2.23. The molecule has 0 atom stereocenters. The Morgan fingerprint density at radius 2 is 2.09 bits per heavy atom. The second kappa shape index (κ2) is 6.43. The van der Waals surface area contributed by atoms with Crippen LogP contribution in [-0.4, -0.2) is 26.1 Å². The van der Waals surface area contributed by atoms with Crippen LogP contribution in [0.1, 0.15) is 10.4 Å². The topological polar surface area (TPSA) is 72.7 Å². The summed E-state index contributed by atoms with van der Waals surface area (Å²) in [6, 6.07) is 9.06. The molecule has 0 aliphatic rings. The summed E-state index contributed by atoms with van der Waals surface area (Å²) in [6.45, 7) is 0. The molecule has 6 nitrogen and oxygen atoms in total. The zero-order valence-corrected chi connectivity index (χ0v) is 13.7. The number of carbonyl (C=O) groups excluding carboxylic acids is 1. The summed E-state index contributed by atoms with van der Waals surface area (Å²) in [7, 11) is 0. The first kappa shape index (κ1) is 15.6. The fourth-order valence-corrected chi connectivity index (χ4v) is 2.43. The molecule has 1 amide bonds. The Hall–Kier alpha value is -2.32. The minimum absolute atomic E-state index is 0.0575. The predicted molar refractivity (Wildman–Crippen MR) is 86.2 cm³/mol. The van der Waals surface area contributed by atoms with Crippen molar-refractivity contribution in [3.63, 3.8) is 0 Å². The van der Waals surface area contributed by atoms with E-state index in [0.717, 1.165) is 0 Å². The van der Waals surface area contributed by atoms with E-state index in [-0.39, 0.29) is 16.3 Å². The van der Waals surface area contributed by atoms with E-state index < -0.39 is 11.7 Å². The number of halogens is 3. The van der Waals surface area contributed by atoms with Crippen molar-refractivity contribution in [3.8, 4) is 5.69 Å². The van der Waals surface area contributed by atoms with Gasteiger partial charge in [-0.1, -0.05) is 27.5 Å². The summed E-state index contributed by atoms with van der Waals surface area (Å²) in [6.07, 6.45) is 1.39. The number of rotatable bonds is 3. The van der Waals surface area contributed by atoms with Crippen molar-refractivity contribution in [2.75, 3.05) is 5.32 Å². The minimum Gasteiger partial charge on any atom is -0.319 e. The molecule has 0 saturated heterocycles. The van der Waals surface area contributed by atoms with Gasteiger partial charge in [0, 0.05) is 4.47 Å². The van der Waals surface area contributed by atoms with Crippen molar-refractivity contribution in [3.05, 3.63) is 63.6 Å². The minimum atomic E-state index is -0.555. The van der Waals surface area contributed by atoms with Gasteiger partial charge < -0.3 is 5.32 Å².